The molecule has 1 aromatic carbocycles. The van der Waals surface area contributed by atoms with Crippen LogP contribution in [0.5, 0.6) is 5.75 Å². The maximum Gasteiger partial charge on any atom is 0.328 e. The molecule has 3 amide bonds. The fourth-order valence-corrected chi connectivity index (χ4v) is 4.88. The van der Waals surface area contributed by atoms with E-state index in [1.165, 1.54) is 7.11 Å². The highest BCUT2D eigenvalue weighted by Gasteiger charge is 2.41. The number of amides is 3. The summed E-state index contributed by atoms with van der Waals surface area (Å²) in [5, 5.41) is 9.23. The summed E-state index contributed by atoms with van der Waals surface area (Å²) in [4.78, 5) is 54.3. The lowest BCUT2D eigenvalue weighted by atomic mass is 9.91. The maximum atomic E-state index is 13.3. The van der Waals surface area contributed by atoms with Crippen molar-refractivity contribution < 1.29 is 28.7 Å². The lowest BCUT2D eigenvalue weighted by molar-refractivity contribution is -0.146. The predicted molar refractivity (Wildman–Crippen MR) is 132 cm³/mol. The van der Waals surface area contributed by atoms with Crippen LogP contribution >= 0.6 is 0 Å². The lowest BCUT2D eigenvalue weighted by Gasteiger charge is -2.23. The van der Waals surface area contributed by atoms with Crippen LogP contribution in [0, 0.1) is 11.8 Å². The average Bonchev–Trinajstić information content (AvgIpc) is 3.47. The number of aromatic amines is 1. The number of carbonyl (C=O) groups is 4. The van der Waals surface area contributed by atoms with E-state index in [0.29, 0.717) is 30.2 Å². The van der Waals surface area contributed by atoms with E-state index in [4.69, 9.17) is 9.47 Å². The van der Waals surface area contributed by atoms with Crippen LogP contribution in [0.2, 0.25) is 0 Å². The molecule has 1 aliphatic carbocycles. The lowest BCUT2D eigenvalue weighted by Crippen LogP contribution is -2.52. The molecular weight excluding hydrogens is 464 g/mol. The highest BCUT2D eigenvalue weighted by atomic mass is 16.5. The Bertz CT molecular complexity index is 1170. The zero-order chi connectivity index (χ0) is 26.0. The molecule has 4 N–H and O–H groups in total. The number of fused-ring (bicyclic) bond motifs is 1. The number of aromatic nitrogens is 1. The topological polar surface area (TPSA) is 139 Å². The van der Waals surface area contributed by atoms with Crippen molar-refractivity contribution in [3.8, 4) is 5.75 Å². The minimum atomic E-state index is -0.997. The van der Waals surface area contributed by atoms with Gasteiger partial charge in [0.05, 0.1) is 14.2 Å². The Hall–Kier alpha value is -3.56. The van der Waals surface area contributed by atoms with Crippen LogP contribution in [-0.2, 0) is 19.1 Å². The third-order valence-corrected chi connectivity index (χ3v) is 6.89. The van der Waals surface area contributed by atoms with E-state index in [-0.39, 0.29) is 17.9 Å². The fourth-order valence-electron chi connectivity index (χ4n) is 4.88. The van der Waals surface area contributed by atoms with E-state index in [2.05, 4.69) is 20.9 Å². The highest BCUT2D eigenvalue weighted by molar-refractivity contribution is 6.01. The predicted octanol–water partition coefficient (Wildman–Crippen LogP) is 2.04. The summed E-state index contributed by atoms with van der Waals surface area (Å²) >= 11 is 0. The minimum Gasteiger partial charge on any atom is -0.496 e. The van der Waals surface area contributed by atoms with Gasteiger partial charge in [0.15, 0.2) is 0 Å². The summed E-state index contributed by atoms with van der Waals surface area (Å²) in [6.07, 6.45) is 3.11. The second-order valence-corrected chi connectivity index (χ2v) is 10.4. The smallest absolute Gasteiger partial charge is 0.328 e. The minimum absolute atomic E-state index is 0.125. The maximum absolute atomic E-state index is 13.3. The third kappa shape index (κ3) is 5.80. The third-order valence-electron chi connectivity index (χ3n) is 6.89. The Morgan fingerprint density at radius 2 is 1.86 bits per heavy atom. The summed E-state index contributed by atoms with van der Waals surface area (Å²) in [6, 6.07) is 5.32. The molecule has 1 aromatic heterocycles. The quantitative estimate of drug-likeness (QED) is 0.370. The molecule has 1 saturated heterocycles. The van der Waals surface area contributed by atoms with Crippen LogP contribution in [0.1, 0.15) is 56.4 Å². The van der Waals surface area contributed by atoms with Gasteiger partial charge in [0.1, 0.15) is 23.5 Å². The molecule has 2 aromatic rings. The number of methoxy groups -OCH3 is 2. The zero-order valence-electron chi connectivity index (χ0n) is 21.1. The second kappa shape index (κ2) is 10.2. The van der Waals surface area contributed by atoms with Crippen LogP contribution in [0.15, 0.2) is 24.3 Å². The van der Waals surface area contributed by atoms with E-state index in [1.807, 2.05) is 26.0 Å². The molecule has 2 fully saturated rings. The molecule has 3 atom stereocenters. The number of H-pyrrole nitrogens is 1. The van der Waals surface area contributed by atoms with Crippen molar-refractivity contribution in [1.82, 2.24) is 20.9 Å². The number of rotatable bonds is 10. The number of hydrogen-bond donors (Lipinski definition) is 4. The van der Waals surface area contributed by atoms with Crippen molar-refractivity contribution in [3.63, 3.8) is 0 Å². The van der Waals surface area contributed by atoms with Crippen LogP contribution in [0.25, 0.3) is 10.9 Å². The van der Waals surface area contributed by atoms with Crippen LogP contribution in [0.3, 0.4) is 0 Å². The first kappa shape index (κ1) is 25.5. The van der Waals surface area contributed by atoms with Gasteiger partial charge in [-0.15, -0.1) is 0 Å². The summed E-state index contributed by atoms with van der Waals surface area (Å²) < 4.78 is 10.3. The van der Waals surface area contributed by atoms with Crippen LogP contribution in [-0.4, -0.2) is 60.5 Å². The SMILES string of the molecule is COC(=O)C(C[C@@H]1CC(C)(C)NC1=O)NC(=O)[C@H](CC1CC1)NC(=O)c1cc2c(OC)cccc2[nH]1. The molecule has 1 saturated carbocycles. The fraction of sp³-hybridized carbons (Fsp3) is 0.538. The van der Waals surface area contributed by atoms with Gasteiger partial charge in [-0.2, -0.15) is 0 Å². The van der Waals surface area contributed by atoms with Crippen molar-refractivity contribution in [1.29, 1.82) is 0 Å². The molecule has 10 nitrogen and oxygen atoms in total. The first-order valence-electron chi connectivity index (χ1n) is 12.3. The molecule has 36 heavy (non-hydrogen) atoms. The van der Waals surface area contributed by atoms with Crippen LogP contribution < -0.4 is 20.7 Å². The van der Waals surface area contributed by atoms with Gasteiger partial charge in [-0.05, 0) is 57.2 Å². The average molecular weight is 499 g/mol. The van der Waals surface area contributed by atoms with E-state index >= 15 is 0 Å². The molecule has 10 heteroatoms. The summed E-state index contributed by atoms with van der Waals surface area (Å²) in [7, 11) is 2.80. The molecule has 2 heterocycles. The zero-order valence-corrected chi connectivity index (χ0v) is 21.1. The van der Waals surface area contributed by atoms with Crippen molar-refractivity contribution in [2.75, 3.05) is 14.2 Å². The van der Waals surface area contributed by atoms with Crippen molar-refractivity contribution in [2.24, 2.45) is 11.8 Å². The Labute approximate surface area is 209 Å². The van der Waals surface area contributed by atoms with Gasteiger partial charge in [0, 0.05) is 22.4 Å². The molecule has 0 bridgehead atoms. The van der Waals surface area contributed by atoms with Gasteiger partial charge in [0.2, 0.25) is 11.8 Å². The van der Waals surface area contributed by atoms with E-state index in [0.717, 1.165) is 23.7 Å². The van der Waals surface area contributed by atoms with Gasteiger partial charge in [-0.1, -0.05) is 18.9 Å². The van der Waals surface area contributed by atoms with Gasteiger partial charge < -0.3 is 30.4 Å². The molecule has 194 valence electrons. The van der Waals surface area contributed by atoms with Crippen LogP contribution in [0.4, 0.5) is 0 Å². The number of nitrogens with one attached hydrogen (secondary N) is 4. The van der Waals surface area contributed by atoms with Crippen molar-refractivity contribution in [3.05, 3.63) is 30.0 Å². The highest BCUT2D eigenvalue weighted by Crippen LogP contribution is 2.34. The first-order chi connectivity index (χ1) is 17.1. The number of carbonyl (C=O) groups excluding carboxylic acids is 4. The Morgan fingerprint density at radius 1 is 1.11 bits per heavy atom. The summed E-state index contributed by atoms with van der Waals surface area (Å²) in [6.45, 7) is 3.83. The summed E-state index contributed by atoms with van der Waals surface area (Å²) in [5.41, 5.74) is 0.667. The molecule has 4 rings (SSSR count). The number of ether oxygens (including phenoxy) is 2. The van der Waals surface area contributed by atoms with Crippen molar-refractivity contribution in [2.45, 2.75) is 63.6 Å². The summed E-state index contributed by atoms with van der Waals surface area (Å²) in [5.74, 6) is -1.14. The van der Waals surface area contributed by atoms with E-state index in [9.17, 15) is 19.2 Å². The van der Waals surface area contributed by atoms with Gasteiger partial charge in [0.25, 0.3) is 5.91 Å². The Kier molecular flexibility index (Phi) is 7.23. The molecule has 1 aliphatic heterocycles. The Morgan fingerprint density at radius 3 is 2.47 bits per heavy atom. The molecule has 1 unspecified atom stereocenters. The number of hydrogen-bond acceptors (Lipinski definition) is 6. The molecular formula is C26H34N4O6. The van der Waals surface area contributed by atoms with Gasteiger partial charge >= 0.3 is 5.97 Å². The number of esters is 1. The Balaban J connectivity index is 1.48. The first-order valence-corrected chi connectivity index (χ1v) is 12.3. The molecule has 2 aliphatic rings. The monoisotopic (exact) mass is 498 g/mol. The van der Waals surface area contributed by atoms with Crippen molar-refractivity contribution >= 4 is 34.6 Å². The molecule has 0 radical (unpaired) electrons. The van der Waals surface area contributed by atoms with E-state index in [1.54, 1.807) is 19.2 Å². The number of benzene rings is 1. The van der Waals surface area contributed by atoms with E-state index < -0.39 is 35.8 Å². The standard InChI is InChI=1S/C26H34N4O6/c1-26(2)13-15(22(31)30-26)11-20(25(34)36-4)29-23(32)18(10-14-8-9-14)28-24(33)19-12-16-17(27-19)6-5-7-21(16)35-3/h5-7,12,14-15,18,20,27H,8-11,13H2,1-4H3,(H,28,33)(H,29,32)(H,30,31)/t15-,18+,20?/m1/s1. The second-order valence-electron chi connectivity index (χ2n) is 10.4. The van der Waals surface area contributed by atoms with Gasteiger partial charge in [-0.25, -0.2) is 4.79 Å². The normalized spacial score (nSPS) is 20.3. The largest absolute Gasteiger partial charge is 0.496 e. The molecule has 0 spiro atoms. The van der Waals surface area contributed by atoms with Gasteiger partial charge in [-0.3, -0.25) is 14.4 Å².